The van der Waals surface area contributed by atoms with Crippen LogP contribution in [0.25, 0.3) is 0 Å². The minimum Gasteiger partial charge on any atom is -0.494 e. The molecule has 1 heterocycles. The van der Waals surface area contributed by atoms with Crippen LogP contribution in [0.2, 0.25) is 5.02 Å². The fourth-order valence-electron chi connectivity index (χ4n) is 2.46. The van der Waals surface area contributed by atoms with Crippen molar-refractivity contribution in [2.75, 3.05) is 17.7 Å². The lowest BCUT2D eigenvalue weighted by atomic mass is 10.1. The maximum atomic E-state index is 12.4. The first-order valence-corrected chi connectivity index (χ1v) is 8.55. The van der Waals surface area contributed by atoms with Crippen molar-refractivity contribution in [2.45, 2.75) is 0 Å². The van der Waals surface area contributed by atoms with Crippen molar-refractivity contribution in [1.82, 2.24) is 0 Å². The molecule has 3 rings (SSSR count). The molecule has 9 nitrogen and oxygen atoms in total. The number of furan rings is 1. The van der Waals surface area contributed by atoms with Gasteiger partial charge in [0.2, 0.25) is 0 Å². The summed E-state index contributed by atoms with van der Waals surface area (Å²) in [6.45, 7) is 0. The number of nitrogens with one attached hydrogen (secondary N) is 2. The normalized spacial score (nSPS) is 10.3. The molecule has 0 saturated carbocycles. The van der Waals surface area contributed by atoms with Crippen LogP contribution in [0.5, 0.6) is 5.75 Å². The number of methoxy groups -OCH3 is 1. The molecular weight excluding hydrogens is 402 g/mol. The molecule has 0 spiro atoms. The minimum atomic E-state index is -0.668. The monoisotopic (exact) mass is 415 g/mol. The standard InChI is InChI=1S/C19H14ClN3O6/c1-28-17-10-12(5-7-14(17)22-19(25)16-3-2-8-29-16)21-18(24)11-4-6-13(20)15(9-11)23(26)27/h2-10H,1H3,(H,21,24)(H,22,25). The molecule has 3 aromatic rings. The average Bonchev–Trinajstić information content (AvgIpc) is 3.24. The van der Waals surface area contributed by atoms with Gasteiger partial charge < -0.3 is 19.8 Å². The minimum absolute atomic E-state index is 0.0649. The first kappa shape index (κ1) is 19.9. The second-order valence-electron chi connectivity index (χ2n) is 5.72. The smallest absolute Gasteiger partial charge is 0.291 e. The van der Waals surface area contributed by atoms with Gasteiger partial charge in [-0.2, -0.15) is 0 Å². The fourth-order valence-corrected chi connectivity index (χ4v) is 2.65. The summed E-state index contributed by atoms with van der Waals surface area (Å²) >= 11 is 5.76. The van der Waals surface area contributed by atoms with E-state index in [1.807, 2.05) is 0 Å². The SMILES string of the molecule is COc1cc(NC(=O)c2ccc(Cl)c([N+](=O)[O-])c2)ccc1NC(=O)c1ccco1. The number of ether oxygens (including phenoxy) is 1. The zero-order chi connectivity index (χ0) is 21.0. The van der Waals surface area contributed by atoms with Crippen LogP contribution in [0.15, 0.2) is 59.2 Å². The van der Waals surface area contributed by atoms with Crippen LogP contribution in [0, 0.1) is 10.1 Å². The molecule has 0 radical (unpaired) electrons. The van der Waals surface area contributed by atoms with Crippen molar-refractivity contribution in [1.29, 1.82) is 0 Å². The number of rotatable bonds is 6. The van der Waals surface area contributed by atoms with E-state index in [-0.39, 0.29) is 22.0 Å². The first-order valence-electron chi connectivity index (χ1n) is 8.17. The number of nitro groups is 1. The van der Waals surface area contributed by atoms with Crippen LogP contribution in [-0.4, -0.2) is 23.8 Å². The molecule has 0 aliphatic rings. The van der Waals surface area contributed by atoms with Crippen LogP contribution in [0.4, 0.5) is 17.1 Å². The zero-order valence-corrected chi connectivity index (χ0v) is 15.7. The molecule has 148 valence electrons. The molecule has 29 heavy (non-hydrogen) atoms. The van der Waals surface area contributed by atoms with E-state index in [9.17, 15) is 19.7 Å². The molecule has 10 heteroatoms. The molecule has 0 bridgehead atoms. The van der Waals surface area contributed by atoms with Crippen LogP contribution in [-0.2, 0) is 0 Å². The maximum absolute atomic E-state index is 12.4. The van der Waals surface area contributed by atoms with Crippen molar-refractivity contribution >= 4 is 40.5 Å². The van der Waals surface area contributed by atoms with Gasteiger partial charge in [-0.15, -0.1) is 0 Å². The second kappa shape index (κ2) is 8.44. The third-order valence-electron chi connectivity index (χ3n) is 3.86. The lowest BCUT2D eigenvalue weighted by Crippen LogP contribution is -2.14. The largest absolute Gasteiger partial charge is 0.494 e. The number of carbonyl (C=O) groups excluding carboxylic acids is 2. The van der Waals surface area contributed by atoms with Gasteiger partial charge in [-0.1, -0.05) is 11.6 Å². The molecule has 0 saturated heterocycles. The molecular formula is C19H14ClN3O6. The number of hydrogen-bond donors (Lipinski definition) is 2. The van der Waals surface area contributed by atoms with E-state index in [1.165, 1.54) is 37.6 Å². The summed E-state index contributed by atoms with van der Waals surface area (Å²) in [5.41, 5.74) is 0.428. The van der Waals surface area contributed by atoms with E-state index in [0.29, 0.717) is 17.1 Å². The summed E-state index contributed by atoms with van der Waals surface area (Å²) in [7, 11) is 1.41. The molecule has 0 aliphatic heterocycles. The molecule has 0 unspecified atom stereocenters. The van der Waals surface area contributed by atoms with E-state index in [4.69, 9.17) is 20.8 Å². The Kier molecular flexibility index (Phi) is 5.79. The number of hydrogen-bond acceptors (Lipinski definition) is 6. The highest BCUT2D eigenvalue weighted by atomic mass is 35.5. The molecule has 2 N–H and O–H groups in total. The van der Waals surface area contributed by atoms with E-state index < -0.39 is 16.7 Å². The van der Waals surface area contributed by atoms with E-state index in [1.54, 1.807) is 18.2 Å². The summed E-state index contributed by atoms with van der Waals surface area (Å²) in [5.74, 6) is -0.601. The number of benzene rings is 2. The Balaban J connectivity index is 1.78. The highest BCUT2D eigenvalue weighted by Crippen LogP contribution is 2.29. The van der Waals surface area contributed by atoms with Gasteiger partial charge in [0.05, 0.1) is 24.0 Å². The molecule has 1 aromatic heterocycles. The van der Waals surface area contributed by atoms with Gasteiger partial charge >= 0.3 is 0 Å². The Hall–Kier alpha value is -3.85. The van der Waals surface area contributed by atoms with Gasteiger partial charge in [0.15, 0.2) is 5.76 Å². The Morgan fingerprint density at radius 1 is 1.10 bits per heavy atom. The highest BCUT2D eigenvalue weighted by molar-refractivity contribution is 6.32. The molecule has 2 aromatic carbocycles. The zero-order valence-electron chi connectivity index (χ0n) is 15.0. The first-order chi connectivity index (χ1) is 13.9. The molecule has 0 atom stereocenters. The van der Waals surface area contributed by atoms with Gasteiger partial charge in [-0.3, -0.25) is 19.7 Å². The number of anilines is 2. The topological polar surface area (TPSA) is 124 Å². The third-order valence-corrected chi connectivity index (χ3v) is 4.18. The van der Waals surface area contributed by atoms with E-state index in [0.717, 1.165) is 6.07 Å². The summed E-state index contributed by atoms with van der Waals surface area (Å²) in [5, 5.41) is 16.2. The Morgan fingerprint density at radius 2 is 1.90 bits per heavy atom. The number of nitro benzene ring substituents is 1. The quantitative estimate of drug-likeness (QED) is 0.455. The fraction of sp³-hybridized carbons (Fsp3) is 0.0526. The van der Waals surface area contributed by atoms with Gasteiger partial charge in [0.25, 0.3) is 17.5 Å². The Morgan fingerprint density at radius 3 is 2.55 bits per heavy atom. The lowest BCUT2D eigenvalue weighted by Gasteiger charge is -2.12. The number of carbonyl (C=O) groups is 2. The van der Waals surface area contributed by atoms with Crippen LogP contribution >= 0.6 is 11.6 Å². The molecule has 0 aliphatic carbocycles. The summed E-state index contributed by atoms with van der Waals surface area (Å²) < 4.78 is 10.3. The van der Waals surface area contributed by atoms with E-state index >= 15 is 0 Å². The van der Waals surface area contributed by atoms with Crippen LogP contribution < -0.4 is 15.4 Å². The maximum Gasteiger partial charge on any atom is 0.291 e. The third kappa shape index (κ3) is 4.53. The van der Waals surface area contributed by atoms with Gasteiger partial charge in [-0.05, 0) is 36.4 Å². The average molecular weight is 416 g/mol. The van der Waals surface area contributed by atoms with Crippen LogP contribution in [0.3, 0.4) is 0 Å². The lowest BCUT2D eigenvalue weighted by molar-refractivity contribution is -0.384. The summed E-state index contributed by atoms with van der Waals surface area (Å²) in [4.78, 5) is 34.8. The van der Waals surface area contributed by atoms with Gasteiger partial charge in [0, 0.05) is 23.4 Å². The Bertz CT molecular complexity index is 1080. The summed E-state index contributed by atoms with van der Waals surface area (Å²) in [6, 6.07) is 11.4. The van der Waals surface area contributed by atoms with Crippen molar-refractivity contribution < 1.29 is 23.7 Å². The van der Waals surface area contributed by atoms with Gasteiger partial charge in [-0.25, -0.2) is 0 Å². The van der Waals surface area contributed by atoms with Crippen LogP contribution in [0.1, 0.15) is 20.9 Å². The van der Waals surface area contributed by atoms with E-state index in [2.05, 4.69) is 10.6 Å². The van der Waals surface area contributed by atoms with Crippen molar-refractivity contribution in [2.24, 2.45) is 0 Å². The number of amides is 2. The van der Waals surface area contributed by atoms with Crippen molar-refractivity contribution in [3.05, 3.63) is 81.3 Å². The Labute approximate surface area is 169 Å². The highest BCUT2D eigenvalue weighted by Gasteiger charge is 2.17. The summed E-state index contributed by atoms with van der Waals surface area (Å²) in [6.07, 6.45) is 1.38. The van der Waals surface area contributed by atoms with Crippen molar-refractivity contribution in [3.63, 3.8) is 0 Å². The number of nitrogens with zero attached hydrogens (tertiary/aromatic N) is 1. The predicted octanol–water partition coefficient (Wildman–Crippen LogP) is 4.35. The molecule has 0 fully saturated rings. The second-order valence-corrected chi connectivity index (χ2v) is 6.13. The van der Waals surface area contributed by atoms with Gasteiger partial charge in [0.1, 0.15) is 10.8 Å². The predicted molar refractivity (Wildman–Crippen MR) is 106 cm³/mol. The van der Waals surface area contributed by atoms with Crippen molar-refractivity contribution in [3.8, 4) is 5.75 Å². The molecule has 2 amide bonds. The number of halogens is 1.